The molecule has 34 heavy (non-hydrogen) atoms. The molecule has 0 fully saturated rings. The largest absolute Gasteiger partial charge is 0.462 e. The van der Waals surface area contributed by atoms with E-state index in [0.29, 0.717) is 23.6 Å². The second-order valence-corrected chi connectivity index (χ2v) is 7.76. The van der Waals surface area contributed by atoms with Gasteiger partial charge in [0.05, 0.1) is 17.9 Å². The molecular formula is C26H21ClN2O5. The lowest BCUT2D eigenvalue weighted by Gasteiger charge is -2.16. The summed E-state index contributed by atoms with van der Waals surface area (Å²) in [6, 6.07) is 22.3. The van der Waals surface area contributed by atoms with Crippen molar-refractivity contribution in [2.45, 2.75) is 13.3 Å². The van der Waals surface area contributed by atoms with Gasteiger partial charge in [0.1, 0.15) is 22.2 Å². The number of carbonyl (C=O) groups is 3. The number of rotatable bonds is 8. The van der Waals surface area contributed by atoms with Crippen LogP contribution in [0.5, 0.6) is 11.5 Å². The number of halogens is 1. The normalized spacial score (nSPS) is 13.3. The number of para-hydroxylation sites is 1. The second-order valence-electron chi connectivity index (χ2n) is 7.39. The fourth-order valence-corrected chi connectivity index (χ4v) is 3.48. The molecule has 0 bridgehead atoms. The fraction of sp³-hybridized carbons (Fsp3) is 0.115. The van der Waals surface area contributed by atoms with Gasteiger partial charge < -0.3 is 14.8 Å². The number of anilines is 2. The van der Waals surface area contributed by atoms with Gasteiger partial charge >= 0.3 is 5.97 Å². The molecule has 0 saturated carbocycles. The molecule has 1 aliphatic rings. The predicted molar refractivity (Wildman–Crippen MR) is 129 cm³/mol. The molecule has 8 heteroatoms. The maximum atomic E-state index is 13.1. The first-order valence-corrected chi connectivity index (χ1v) is 11.0. The quantitative estimate of drug-likeness (QED) is 0.342. The van der Waals surface area contributed by atoms with E-state index in [1.165, 1.54) is 6.07 Å². The summed E-state index contributed by atoms with van der Waals surface area (Å²) in [6.07, 6.45) is 0.683. The van der Waals surface area contributed by atoms with E-state index in [4.69, 9.17) is 21.1 Å². The number of benzene rings is 3. The topological polar surface area (TPSA) is 84.9 Å². The molecule has 0 unspecified atom stereocenters. The SMILES string of the molecule is CCCOC(=O)c1cccc(N2C(=O)C(Cl)=C(Nc3ccc(Oc4ccccc4)cc3)C2=O)c1. The Balaban J connectivity index is 1.49. The Hall–Kier alpha value is -4.10. The number of carbonyl (C=O) groups excluding carboxylic acids is 3. The zero-order valence-corrected chi connectivity index (χ0v) is 19.0. The fourth-order valence-electron chi connectivity index (χ4n) is 3.27. The number of hydrogen-bond donors (Lipinski definition) is 1. The third kappa shape index (κ3) is 4.94. The van der Waals surface area contributed by atoms with E-state index in [1.807, 2.05) is 37.3 Å². The maximum Gasteiger partial charge on any atom is 0.338 e. The molecule has 3 aromatic carbocycles. The molecule has 0 aliphatic carbocycles. The Morgan fingerprint density at radius 3 is 2.32 bits per heavy atom. The first-order chi connectivity index (χ1) is 16.5. The van der Waals surface area contributed by atoms with Gasteiger partial charge in [-0.1, -0.05) is 42.8 Å². The highest BCUT2D eigenvalue weighted by molar-refractivity contribution is 6.53. The summed E-state index contributed by atoms with van der Waals surface area (Å²) in [5.74, 6) is -0.532. The van der Waals surface area contributed by atoms with Crippen molar-refractivity contribution < 1.29 is 23.9 Å². The lowest BCUT2D eigenvalue weighted by Crippen LogP contribution is -2.32. The molecule has 3 aromatic rings. The van der Waals surface area contributed by atoms with Gasteiger partial charge in [-0.15, -0.1) is 0 Å². The third-order valence-electron chi connectivity index (χ3n) is 4.91. The summed E-state index contributed by atoms with van der Waals surface area (Å²) in [5, 5.41) is 2.67. The Morgan fingerprint density at radius 1 is 0.912 bits per heavy atom. The van der Waals surface area contributed by atoms with E-state index in [2.05, 4.69) is 5.32 Å². The highest BCUT2D eigenvalue weighted by atomic mass is 35.5. The lowest BCUT2D eigenvalue weighted by atomic mass is 10.2. The number of hydrogen-bond acceptors (Lipinski definition) is 6. The third-order valence-corrected chi connectivity index (χ3v) is 5.26. The van der Waals surface area contributed by atoms with Gasteiger partial charge in [-0.25, -0.2) is 9.69 Å². The Bertz CT molecular complexity index is 1260. The number of nitrogens with zero attached hydrogens (tertiary/aromatic N) is 1. The molecule has 172 valence electrons. The van der Waals surface area contributed by atoms with Crippen LogP contribution in [0.25, 0.3) is 0 Å². The van der Waals surface area contributed by atoms with Gasteiger partial charge in [0.15, 0.2) is 0 Å². The Labute approximate surface area is 201 Å². The minimum absolute atomic E-state index is 0.0534. The standard InChI is InChI=1S/C26H21ClN2O5/c1-2-15-33-26(32)17-7-6-8-19(16-17)29-24(30)22(27)23(25(29)31)28-18-11-13-21(14-12-18)34-20-9-4-3-5-10-20/h3-14,16,28H,2,15H2,1H3. The minimum atomic E-state index is -0.683. The van der Waals surface area contributed by atoms with Crippen LogP contribution in [0, 0.1) is 0 Å². The highest BCUT2D eigenvalue weighted by Crippen LogP contribution is 2.31. The smallest absolute Gasteiger partial charge is 0.338 e. The molecule has 0 saturated heterocycles. The van der Waals surface area contributed by atoms with Gasteiger partial charge in [0, 0.05) is 5.69 Å². The van der Waals surface area contributed by atoms with Crippen molar-refractivity contribution in [2.75, 3.05) is 16.8 Å². The summed E-state index contributed by atoms with van der Waals surface area (Å²) in [5.41, 5.74) is 0.955. The van der Waals surface area contributed by atoms with Crippen LogP contribution < -0.4 is 15.0 Å². The second kappa shape index (κ2) is 10.2. The molecule has 1 heterocycles. The molecule has 2 amide bonds. The van der Waals surface area contributed by atoms with Crippen LogP contribution in [0.1, 0.15) is 23.7 Å². The number of imide groups is 1. The van der Waals surface area contributed by atoms with Gasteiger partial charge in [-0.2, -0.15) is 0 Å². The number of ether oxygens (including phenoxy) is 2. The van der Waals surface area contributed by atoms with E-state index >= 15 is 0 Å². The average Bonchev–Trinajstić information content (AvgIpc) is 3.07. The van der Waals surface area contributed by atoms with Gasteiger partial charge in [-0.3, -0.25) is 9.59 Å². The van der Waals surface area contributed by atoms with Crippen molar-refractivity contribution in [2.24, 2.45) is 0 Å². The van der Waals surface area contributed by atoms with Crippen LogP contribution in [0.2, 0.25) is 0 Å². The molecule has 4 rings (SSSR count). The van der Waals surface area contributed by atoms with Gasteiger partial charge in [0.25, 0.3) is 11.8 Å². The Kier molecular flexibility index (Phi) is 6.94. The zero-order chi connectivity index (χ0) is 24.1. The summed E-state index contributed by atoms with van der Waals surface area (Å²) in [6.45, 7) is 2.17. The maximum absolute atomic E-state index is 13.1. The van der Waals surface area contributed by atoms with Crippen molar-refractivity contribution in [3.8, 4) is 11.5 Å². The predicted octanol–water partition coefficient (Wildman–Crippen LogP) is 5.48. The molecule has 0 atom stereocenters. The van der Waals surface area contributed by atoms with Crippen molar-refractivity contribution in [1.29, 1.82) is 0 Å². The number of nitrogens with one attached hydrogen (secondary N) is 1. The van der Waals surface area contributed by atoms with Crippen LogP contribution in [0.3, 0.4) is 0 Å². The van der Waals surface area contributed by atoms with E-state index < -0.39 is 17.8 Å². The monoisotopic (exact) mass is 476 g/mol. The molecule has 1 aliphatic heterocycles. The van der Waals surface area contributed by atoms with Crippen LogP contribution >= 0.6 is 11.6 Å². The van der Waals surface area contributed by atoms with Gasteiger partial charge in [-0.05, 0) is 61.0 Å². The number of amides is 2. The molecule has 0 aromatic heterocycles. The molecule has 0 spiro atoms. The summed E-state index contributed by atoms with van der Waals surface area (Å²) < 4.78 is 10.9. The van der Waals surface area contributed by atoms with Crippen molar-refractivity contribution in [3.63, 3.8) is 0 Å². The molecule has 1 N–H and O–H groups in total. The highest BCUT2D eigenvalue weighted by Gasteiger charge is 2.39. The lowest BCUT2D eigenvalue weighted by molar-refractivity contribution is -0.120. The molecule has 7 nitrogen and oxygen atoms in total. The van der Waals surface area contributed by atoms with E-state index in [9.17, 15) is 14.4 Å². The van der Waals surface area contributed by atoms with Crippen molar-refractivity contribution >= 4 is 40.8 Å². The van der Waals surface area contributed by atoms with Crippen LogP contribution in [0.4, 0.5) is 11.4 Å². The summed E-state index contributed by atoms with van der Waals surface area (Å²) in [7, 11) is 0. The first kappa shape index (κ1) is 23.1. The van der Waals surface area contributed by atoms with Crippen LogP contribution in [-0.2, 0) is 14.3 Å². The Morgan fingerprint density at radius 2 is 1.62 bits per heavy atom. The van der Waals surface area contributed by atoms with Crippen molar-refractivity contribution in [3.05, 3.63) is 95.2 Å². The molecular weight excluding hydrogens is 456 g/mol. The van der Waals surface area contributed by atoms with Crippen molar-refractivity contribution in [1.82, 2.24) is 0 Å². The van der Waals surface area contributed by atoms with E-state index in [1.54, 1.807) is 42.5 Å². The zero-order valence-electron chi connectivity index (χ0n) is 18.3. The minimum Gasteiger partial charge on any atom is -0.462 e. The summed E-state index contributed by atoms with van der Waals surface area (Å²) in [4.78, 5) is 38.9. The average molecular weight is 477 g/mol. The van der Waals surface area contributed by atoms with Gasteiger partial charge in [0.2, 0.25) is 0 Å². The summed E-state index contributed by atoms with van der Waals surface area (Å²) >= 11 is 6.22. The van der Waals surface area contributed by atoms with E-state index in [-0.39, 0.29) is 28.6 Å². The first-order valence-electron chi connectivity index (χ1n) is 10.6. The van der Waals surface area contributed by atoms with Crippen LogP contribution in [0.15, 0.2) is 89.6 Å². The van der Waals surface area contributed by atoms with Crippen LogP contribution in [-0.4, -0.2) is 24.4 Å². The number of esters is 1. The van der Waals surface area contributed by atoms with E-state index in [0.717, 1.165) is 4.90 Å². The molecule has 0 radical (unpaired) electrons.